The van der Waals surface area contributed by atoms with Gasteiger partial charge in [0.25, 0.3) is 0 Å². The molecule has 1 aliphatic heterocycles. The summed E-state index contributed by atoms with van der Waals surface area (Å²) in [7, 11) is -2.21. The van der Waals surface area contributed by atoms with Crippen molar-refractivity contribution < 1.29 is 17.9 Å². The van der Waals surface area contributed by atoms with Gasteiger partial charge in [-0.1, -0.05) is 47.5 Å². The van der Waals surface area contributed by atoms with Gasteiger partial charge >= 0.3 is 5.97 Å². The summed E-state index contributed by atoms with van der Waals surface area (Å²) in [6.45, 7) is 0.124. The standard InChI is InChI=1S/C18H17Cl2NO4S/c1-25-18(22)17-6-7-26(23,24)21(17)11-12-2-4-13(5-3-12)14-8-15(19)10-16(20)9-14/h2-5,8-10,17H,6-7,11H2,1H3. The summed E-state index contributed by atoms with van der Waals surface area (Å²) in [6, 6.07) is 11.9. The van der Waals surface area contributed by atoms with Crippen molar-refractivity contribution in [2.45, 2.75) is 19.0 Å². The van der Waals surface area contributed by atoms with Crippen LogP contribution in [0.25, 0.3) is 11.1 Å². The van der Waals surface area contributed by atoms with Crippen molar-refractivity contribution in [3.05, 3.63) is 58.1 Å². The third-order valence-corrected chi connectivity index (χ3v) is 6.60. The lowest BCUT2D eigenvalue weighted by Gasteiger charge is -2.21. The molecule has 1 saturated heterocycles. The molecule has 0 amide bonds. The molecule has 5 nitrogen and oxygen atoms in total. The number of hydrogen-bond acceptors (Lipinski definition) is 4. The minimum Gasteiger partial charge on any atom is -0.468 e. The average Bonchev–Trinajstić information content (AvgIpc) is 2.89. The molecule has 0 radical (unpaired) electrons. The average molecular weight is 414 g/mol. The van der Waals surface area contributed by atoms with Gasteiger partial charge in [-0.25, -0.2) is 8.42 Å². The second-order valence-electron chi connectivity index (χ2n) is 6.04. The van der Waals surface area contributed by atoms with Crippen LogP contribution in [0.2, 0.25) is 10.0 Å². The van der Waals surface area contributed by atoms with E-state index in [1.807, 2.05) is 24.3 Å². The van der Waals surface area contributed by atoms with Crippen LogP contribution < -0.4 is 0 Å². The molecule has 0 bridgehead atoms. The van der Waals surface area contributed by atoms with Gasteiger partial charge in [0.05, 0.1) is 12.9 Å². The number of ether oxygens (including phenoxy) is 1. The molecule has 8 heteroatoms. The van der Waals surface area contributed by atoms with E-state index in [1.54, 1.807) is 18.2 Å². The zero-order chi connectivity index (χ0) is 18.9. The van der Waals surface area contributed by atoms with Crippen molar-refractivity contribution in [3.8, 4) is 11.1 Å². The topological polar surface area (TPSA) is 63.7 Å². The molecule has 26 heavy (non-hydrogen) atoms. The second-order valence-corrected chi connectivity index (χ2v) is 8.96. The van der Waals surface area contributed by atoms with Crippen molar-refractivity contribution in [2.75, 3.05) is 12.9 Å². The van der Waals surface area contributed by atoms with Gasteiger partial charge in [0.1, 0.15) is 6.04 Å². The molecule has 0 aliphatic carbocycles. The summed E-state index contributed by atoms with van der Waals surface area (Å²) < 4.78 is 30.4. The number of sulfonamides is 1. The highest BCUT2D eigenvalue weighted by atomic mass is 35.5. The number of hydrogen-bond donors (Lipinski definition) is 0. The molecule has 0 spiro atoms. The molecular weight excluding hydrogens is 397 g/mol. The second kappa shape index (κ2) is 7.56. The number of benzene rings is 2. The quantitative estimate of drug-likeness (QED) is 0.716. The molecule has 138 valence electrons. The highest BCUT2D eigenvalue weighted by molar-refractivity contribution is 7.89. The maximum Gasteiger partial charge on any atom is 0.324 e. The SMILES string of the molecule is COC(=O)C1CCS(=O)(=O)N1Cc1ccc(-c2cc(Cl)cc(Cl)c2)cc1. The van der Waals surface area contributed by atoms with Crippen LogP contribution in [0.1, 0.15) is 12.0 Å². The van der Waals surface area contributed by atoms with Crippen LogP contribution in [-0.2, 0) is 26.1 Å². The van der Waals surface area contributed by atoms with E-state index in [0.717, 1.165) is 16.7 Å². The van der Waals surface area contributed by atoms with E-state index in [-0.39, 0.29) is 18.7 Å². The van der Waals surface area contributed by atoms with Crippen molar-refractivity contribution in [3.63, 3.8) is 0 Å². The van der Waals surface area contributed by atoms with Gasteiger partial charge in [-0.05, 0) is 41.3 Å². The van der Waals surface area contributed by atoms with Gasteiger partial charge in [-0.2, -0.15) is 4.31 Å². The van der Waals surface area contributed by atoms with E-state index in [9.17, 15) is 13.2 Å². The van der Waals surface area contributed by atoms with Crippen LogP contribution in [0.5, 0.6) is 0 Å². The molecule has 1 aliphatic rings. The molecule has 1 unspecified atom stereocenters. The van der Waals surface area contributed by atoms with Gasteiger partial charge in [0, 0.05) is 16.6 Å². The number of nitrogens with zero attached hydrogens (tertiary/aromatic N) is 1. The monoisotopic (exact) mass is 413 g/mol. The number of carbonyl (C=O) groups is 1. The molecule has 3 rings (SSSR count). The Balaban J connectivity index is 1.83. The van der Waals surface area contributed by atoms with E-state index in [0.29, 0.717) is 10.0 Å². The maximum atomic E-state index is 12.2. The van der Waals surface area contributed by atoms with Crippen molar-refractivity contribution in [1.82, 2.24) is 4.31 Å². The Hall–Kier alpha value is -1.60. The van der Waals surface area contributed by atoms with E-state index >= 15 is 0 Å². The lowest BCUT2D eigenvalue weighted by Crippen LogP contribution is -2.38. The molecule has 0 aromatic heterocycles. The molecule has 1 fully saturated rings. The minimum atomic E-state index is -3.47. The van der Waals surface area contributed by atoms with E-state index in [2.05, 4.69) is 0 Å². The van der Waals surface area contributed by atoms with Crippen LogP contribution in [-0.4, -0.2) is 37.6 Å². The van der Waals surface area contributed by atoms with Crippen molar-refractivity contribution in [1.29, 1.82) is 0 Å². The fourth-order valence-corrected chi connectivity index (χ4v) is 5.21. The molecule has 1 atom stereocenters. The first-order valence-electron chi connectivity index (χ1n) is 7.93. The third-order valence-electron chi connectivity index (χ3n) is 4.32. The first-order chi connectivity index (χ1) is 12.3. The van der Waals surface area contributed by atoms with Crippen LogP contribution in [0.15, 0.2) is 42.5 Å². The maximum absolute atomic E-state index is 12.2. The number of halogens is 2. The molecule has 2 aromatic rings. The fraction of sp³-hybridized carbons (Fsp3) is 0.278. The Morgan fingerprint density at radius 3 is 2.31 bits per heavy atom. The Kier molecular flexibility index (Phi) is 5.58. The van der Waals surface area contributed by atoms with Crippen LogP contribution >= 0.6 is 23.2 Å². The van der Waals surface area contributed by atoms with Gasteiger partial charge in [-0.3, -0.25) is 4.79 Å². The molecule has 0 saturated carbocycles. The van der Waals surface area contributed by atoms with Crippen LogP contribution in [0.3, 0.4) is 0 Å². The molecule has 1 heterocycles. The summed E-state index contributed by atoms with van der Waals surface area (Å²) >= 11 is 12.1. The number of rotatable bonds is 4. The summed E-state index contributed by atoms with van der Waals surface area (Å²) in [6.07, 6.45) is 0.244. The van der Waals surface area contributed by atoms with E-state index < -0.39 is 22.0 Å². The van der Waals surface area contributed by atoms with Crippen LogP contribution in [0.4, 0.5) is 0 Å². The normalized spacial score (nSPS) is 19.4. The number of methoxy groups -OCH3 is 1. The summed E-state index contributed by atoms with van der Waals surface area (Å²) in [5.41, 5.74) is 2.56. The Bertz CT molecular complexity index is 908. The first kappa shape index (κ1) is 19.2. The number of esters is 1. The molecular formula is C18H17Cl2NO4S. The predicted molar refractivity (Wildman–Crippen MR) is 102 cm³/mol. The lowest BCUT2D eigenvalue weighted by molar-refractivity contribution is -0.144. The Morgan fingerprint density at radius 2 is 1.73 bits per heavy atom. The van der Waals surface area contributed by atoms with Gasteiger partial charge in [0.2, 0.25) is 10.0 Å². The summed E-state index contributed by atoms with van der Waals surface area (Å²) in [5.74, 6) is -0.581. The van der Waals surface area contributed by atoms with E-state index in [1.165, 1.54) is 11.4 Å². The molecule has 0 N–H and O–H groups in total. The minimum absolute atomic E-state index is 0.0497. The smallest absolute Gasteiger partial charge is 0.324 e. The van der Waals surface area contributed by atoms with Gasteiger partial charge in [-0.15, -0.1) is 0 Å². The Labute approximate surface area is 162 Å². The lowest BCUT2D eigenvalue weighted by atomic mass is 10.0. The highest BCUT2D eigenvalue weighted by Crippen LogP contribution is 2.29. The van der Waals surface area contributed by atoms with Crippen LogP contribution in [0, 0.1) is 0 Å². The van der Waals surface area contributed by atoms with Gasteiger partial charge in [0.15, 0.2) is 0 Å². The molecule has 2 aromatic carbocycles. The fourth-order valence-electron chi connectivity index (χ4n) is 3.00. The third kappa shape index (κ3) is 4.04. The van der Waals surface area contributed by atoms with Crippen molar-refractivity contribution in [2.24, 2.45) is 0 Å². The largest absolute Gasteiger partial charge is 0.468 e. The van der Waals surface area contributed by atoms with Crippen molar-refractivity contribution >= 4 is 39.2 Å². The predicted octanol–water partition coefficient (Wildman–Crippen LogP) is 3.74. The van der Waals surface area contributed by atoms with E-state index in [4.69, 9.17) is 27.9 Å². The summed E-state index contributed by atoms with van der Waals surface area (Å²) in [5, 5.41) is 1.08. The zero-order valence-corrected chi connectivity index (χ0v) is 16.3. The van der Waals surface area contributed by atoms with Gasteiger partial charge < -0.3 is 4.74 Å². The zero-order valence-electron chi connectivity index (χ0n) is 14.0. The summed E-state index contributed by atoms with van der Waals surface area (Å²) in [4.78, 5) is 11.9. The Morgan fingerprint density at radius 1 is 1.12 bits per heavy atom. The number of carbonyl (C=O) groups excluding carboxylic acids is 1. The first-order valence-corrected chi connectivity index (χ1v) is 10.3. The highest BCUT2D eigenvalue weighted by Gasteiger charge is 2.42.